The highest BCUT2D eigenvalue weighted by molar-refractivity contribution is 5.87. The molecule has 2 heterocycles. The van der Waals surface area contributed by atoms with Gasteiger partial charge in [-0.25, -0.2) is 0 Å². The fourth-order valence-electron chi connectivity index (χ4n) is 1.92. The molecule has 2 atom stereocenters. The third-order valence-electron chi connectivity index (χ3n) is 2.56. The van der Waals surface area contributed by atoms with Gasteiger partial charge in [0.15, 0.2) is 0 Å². The van der Waals surface area contributed by atoms with E-state index in [4.69, 9.17) is 5.21 Å². The monoisotopic (exact) mass is 140 g/mol. The van der Waals surface area contributed by atoms with E-state index in [0.717, 1.165) is 25.2 Å². The Kier molecular flexibility index (Phi) is 1.38. The van der Waals surface area contributed by atoms with Crippen molar-refractivity contribution in [2.45, 2.75) is 12.8 Å². The Labute approximate surface area is 60.3 Å². The second kappa shape index (κ2) is 2.23. The first-order chi connectivity index (χ1) is 4.90. The summed E-state index contributed by atoms with van der Waals surface area (Å²) < 4.78 is 0. The molecule has 0 aromatic heterocycles. The first-order valence-electron chi connectivity index (χ1n) is 3.83. The van der Waals surface area contributed by atoms with Crippen LogP contribution in [0, 0.1) is 5.92 Å². The molecule has 2 rings (SSSR count). The number of hydrogen-bond donors (Lipinski definition) is 1. The van der Waals surface area contributed by atoms with Crippen molar-refractivity contribution in [2.75, 3.05) is 19.6 Å². The molecule has 2 unspecified atom stereocenters. The van der Waals surface area contributed by atoms with Crippen molar-refractivity contribution < 1.29 is 5.21 Å². The van der Waals surface area contributed by atoms with Crippen molar-refractivity contribution in [3.8, 4) is 0 Å². The average Bonchev–Trinajstić information content (AvgIpc) is 2.34. The number of hydrogen-bond acceptors (Lipinski definition) is 3. The Hall–Kier alpha value is -0.570. The molecular formula is C7H12N2O. The van der Waals surface area contributed by atoms with Crippen molar-refractivity contribution in [3.63, 3.8) is 0 Å². The molecule has 56 valence electrons. The summed E-state index contributed by atoms with van der Waals surface area (Å²) in [4.78, 5) is 2.43. The van der Waals surface area contributed by atoms with Crippen molar-refractivity contribution >= 4 is 5.71 Å². The lowest BCUT2D eigenvalue weighted by molar-refractivity contribution is 0.295. The van der Waals surface area contributed by atoms with Gasteiger partial charge < -0.3 is 10.1 Å². The minimum atomic E-state index is 0.568. The maximum absolute atomic E-state index is 8.58. The van der Waals surface area contributed by atoms with E-state index in [-0.39, 0.29) is 0 Å². The van der Waals surface area contributed by atoms with Crippen molar-refractivity contribution in [1.82, 2.24) is 4.90 Å². The fraction of sp³-hybridized carbons (Fsp3) is 0.857. The minimum absolute atomic E-state index is 0.568. The zero-order chi connectivity index (χ0) is 6.97. The maximum Gasteiger partial charge on any atom is 0.0627 e. The van der Waals surface area contributed by atoms with Crippen LogP contribution in [0.3, 0.4) is 0 Å². The lowest BCUT2D eigenvalue weighted by atomic mass is 9.98. The molecule has 0 aromatic rings. The molecule has 2 aliphatic rings. The van der Waals surface area contributed by atoms with Gasteiger partial charge in [-0.1, -0.05) is 5.16 Å². The smallest absolute Gasteiger partial charge is 0.0627 e. The van der Waals surface area contributed by atoms with Crippen LogP contribution in [-0.2, 0) is 0 Å². The van der Waals surface area contributed by atoms with Crippen LogP contribution in [0.1, 0.15) is 12.8 Å². The largest absolute Gasteiger partial charge is 0.411 e. The van der Waals surface area contributed by atoms with Gasteiger partial charge in [-0.15, -0.1) is 0 Å². The summed E-state index contributed by atoms with van der Waals surface area (Å²) in [5, 5.41) is 11.9. The van der Waals surface area contributed by atoms with Crippen LogP contribution in [0.15, 0.2) is 5.16 Å². The summed E-state index contributed by atoms with van der Waals surface area (Å²) in [6.07, 6.45) is 2.17. The zero-order valence-corrected chi connectivity index (χ0v) is 5.95. The highest BCUT2D eigenvalue weighted by Crippen LogP contribution is 2.24. The minimum Gasteiger partial charge on any atom is -0.411 e. The van der Waals surface area contributed by atoms with E-state index in [1.807, 2.05) is 0 Å². The summed E-state index contributed by atoms with van der Waals surface area (Å²) in [5.74, 6) is 0.568. The maximum atomic E-state index is 8.58. The molecule has 1 N–H and O–H groups in total. The van der Waals surface area contributed by atoms with Gasteiger partial charge >= 0.3 is 0 Å². The molecule has 2 fully saturated rings. The van der Waals surface area contributed by atoms with Gasteiger partial charge in [-0.2, -0.15) is 0 Å². The summed E-state index contributed by atoms with van der Waals surface area (Å²) in [7, 11) is 0. The van der Waals surface area contributed by atoms with Crippen LogP contribution in [0.2, 0.25) is 0 Å². The standard InChI is InChI=1S/C7H12N2O/c10-8-7-2-4-9-3-1-6(7)5-9/h6,10H,1-5H2/b8-7+. The zero-order valence-electron chi connectivity index (χ0n) is 5.95. The van der Waals surface area contributed by atoms with Crippen LogP contribution in [0.5, 0.6) is 0 Å². The van der Waals surface area contributed by atoms with Gasteiger partial charge in [0.2, 0.25) is 0 Å². The summed E-state index contributed by atoms with van der Waals surface area (Å²) in [5.41, 5.74) is 1.02. The van der Waals surface area contributed by atoms with E-state index < -0.39 is 0 Å². The van der Waals surface area contributed by atoms with E-state index in [1.165, 1.54) is 13.0 Å². The van der Waals surface area contributed by atoms with Crippen molar-refractivity contribution in [3.05, 3.63) is 0 Å². The predicted octanol–water partition coefficient (Wildman–Crippen LogP) is 0.542. The molecule has 2 bridgehead atoms. The number of piperidine rings is 1. The fourth-order valence-corrected chi connectivity index (χ4v) is 1.92. The molecule has 2 saturated heterocycles. The number of oxime groups is 1. The number of nitrogens with zero attached hydrogens (tertiary/aromatic N) is 2. The highest BCUT2D eigenvalue weighted by atomic mass is 16.4. The van der Waals surface area contributed by atoms with Crippen LogP contribution in [-0.4, -0.2) is 35.5 Å². The van der Waals surface area contributed by atoms with Gasteiger partial charge in [0.1, 0.15) is 0 Å². The van der Waals surface area contributed by atoms with Crippen molar-refractivity contribution in [1.29, 1.82) is 0 Å². The lowest BCUT2D eigenvalue weighted by Gasteiger charge is -2.22. The molecule has 0 spiro atoms. The Bertz CT molecular complexity index is 167. The van der Waals surface area contributed by atoms with Gasteiger partial charge in [-0.05, 0) is 13.0 Å². The number of rotatable bonds is 0. The molecular weight excluding hydrogens is 128 g/mol. The topological polar surface area (TPSA) is 35.8 Å². The molecule has 2 aliphatic heterocycles. The molecule has 3 heteroatoms. The second-order valence-corrected chi connectivity index (χ2v) is 3.13. The molecule has 0 aliphatic carbocycles. The SMILES string of the molecule is O/N=C1\CCN2CCC1C2. The summed E-state index contributed by atoms with van der Waals surface area (Å²) in [6, 6.07) is 0. The van der Waals surface area contributed by atoms with E-state index in [1.54, 1.807) is 0 Å². The van der Waals surface area contributed by atoms with Gasteiger partial charge in [-0.3, -0.25) is 0 Å². The normalized spacial score (nSPS) is 42.6. The molecule has 0 saturated carbocycles. The van der Waals surface area contributed by atoms with Crippen LogP contribution in [0.25, 0.3) is 0 Å². The summed E-state index contributed by atoms with van der Waals surface area (Å²) >= 11 is 0. The van der Waals surface area contributed by atoms with Gasteiger partial charge in [0, 0.05) is 25.4 Å². The quantitative estimate of drug-likeness (QED) is 0.394. The molecule has 0 aromatic carbocycles. The Morgan fingerprint density at radius 1 is 1.50 bits per heavy atom. The first-order valence-corrected chi connectivity index (χ1v) is 3.83. The van der Waals surface area contributed by atoms with Gasteiger partial charge in [0.05, 0.1) is 5.71 Å². The Balaban J connectivity index is 2.14. The lowest BCUT2D eigenvalue weighted by Crippen LogP contribution is -2.32. The molecule has 10 heavy (non-hydrogen) atoms. The highest BCUT2D eigenvalue weighted by Gasteiger charge is 2.31. The third kappa shape index (κ3) is 0.814. The molecule has 3 nitrogen and oxygen atoms in total. The van der Waals surface area contributed by atoms with Gasteiger partial charge in [0.25, 0.3) is 0 Å². The molecule has 0 amide bonds. The van der Waals surface area contributed by atoms with E-state index in [0.29, 0.717) is 5.92 Å². The Morgan fingerprint density at radius 3 is 3.20 bits per heavy atom. The van der Waals surface area contributed by atoms with Crippen molar-refractivity contribution in [2.24, 2.45) is 11.1 Å². The first kappa shape index (κ1) is 6.16. The summed E-state index contributed by atoms with van der Waals surface area (Å²) in [6.45, 7) is 3.42. The number of fused-ring (bicyclic) bond motifs is 2. The molecule has 0 radical (unpaired) electrons. The average molecular weight is 140 g/mol. The van der Waals surface area contributed by atoms with E-state index in [2.05, 4.69) is 10.1 Å². The third-order valence-corrected chi connectivity index (χ3v) is 2.56. The van der Waals surface area contributed by atoms with Crippen LogP contribution < -0.4 is 0 Å². The van der Waals surface area contributed by atoms with Crippen LogP contribution >= 0.6 is 0 Å². The second-order valence-electron chi connectivity index (χ2n) is 3.13. The van der Waals surface area contributed by atoms with Crippen LogP contribution in [0.4, 0.5) is 0 Å². The predicted molar refractivity (Wildman–Crippen MR) is 38.4 cm³/mol. The van der Waals surface area contributed by atoms with E-state index >= 15 is 0 Å². The van der Waals surface area contributed by atoms with E-state index in [9.17, 15) is 0 Å². The Morgan fingerprint density at radius 2 is 2.40 bits per heavy atom.